The quantitative estimate of drug-likeness (QED) is 0.405. The molecule has 0 aliphatic rings. The van der Waals surface area contributed by atoms with E-state index in [1.807, 2.05) is 92.7 Å². The fourth-order valence-corrected chi connectivity index (χ4v) is 4.01. The Morgan fingerprint density at radius 1 is 0.967 bits per heavy atom. The van der Waals surface area contributed by atoms with E-state index >= 15 is 0 Å². The first-order valence-corrected chi connectivity index (χ1v) is 10.6. The predicted molar refractivity (Wildman–Crippen MR) is 121 cm³/mol. The number of carbonyl (C=O) groups is 1. The molecule has 0 fully saturated rings. The van der Waals surface area contributed by atoms with Gasteiger partial charge in [-0.05, 0) is 36.6 Å². The van der Waals surface area contributed by atoms with Gasteiger partial charge in [-0.1, -0.05) is 84.6 Å². The molecule has 5 nitrogen and oxygen atoms in total. The zero-order valence-electron chi connectivity index (χ0n) is 16.8. The van der Waals surface area contributed by atoms with Gasteiger partial charge in [-0.3, -0.25) is 9.89 Å². The number of anilines is 1. The highest BCUT2D eigenvalue weighted by Gasteiger charge is 2.24. The van der Waals surface area contributed by atoms with E-state index in [-0.39, 0.29) is 5.91 Å². The molecule has 0 saturated carbocycles. The first-order chi connectivity index (χ1) is 14.6. The topological polar surface area (TPSA) is 70.7 Å². The van der Waals surface area contributed by atoms with Gasteiger partial charge in [-0.25, -0.2) is 4.98 Å². The summed E-state index contributed by atoms with van der Waals surface area (Å²) in [5.74, 6) is 0.575. The van der Waals surface area contributed by atoms with Crippen LogP contribution < -0.4 is 5.32 Å². The van der Waals surface area contributed by atoms with E-state index in [0.29, 0.717) is 11.0 Å². The fourth-order valence-electron chi connectivity index (χ4n) is 3.10. The molecule has 0 saturated heterocycles. The lowest BCUT2D eigenvalue weighted by Crippen LogP contribution is -2.19. The van der Waals surface area contributed by atoms with Crippen molar-refractivity contribution in [1.82, 2.24) is 15.2 Å². The lowest BCUT2D eigenvalue weighted by atomic mass is 10.1. The number of carbonyl (C=O) groups excluding carboxylic acids is 1. The summed E-state index contributed by atoms with van der Waals surface area (Å²) >= 11 is 1.33. The molecule has 1 amide bonds. The highest BCUT2D eigenvalue weighted by Crippen LogP contribution is 2.35. The molecular weight excluding hydrogens is 392 g/mol. The van der Waals surface area contributed by atoms with Crippen molar-refractivity contribution in [2.75, 3.05) is 5.32 Å². The first kappa shape index (κ1) is 19.9. The van der Waals surface area contributed by atoms with Crippen molar-refractivity contribution in [2.45, 2.75) is 24.3 Å². The van der Waals surface area contributed by atoms with Crippen molar-refractivity contribution in [3.05, 3.63) is 95.6 Å². The number of hydrogen-bond donors (Lipinski definition) is 2. The third-order valence-corrected chi connectivity index (χ3v) is 5.84. The molecule has 0 aliphatic carbocycles. The monoisotopic (exact) mass is 414 g/mol. The van der Waals surface area contributed by atoms with Crippen molar-refractivity contribution in [2.24, 2.45) is 0 Å². The number of benzene rings is 3. The first-order valence-electron chi connectivity index (χ1n) is 9.68. The Hall–Kier alpha value is -3.38. The smallest absolute Gasteiger partial charge is 0.242 e. The van der Waals surface area contributed by atoms with Gasteiger partial charge in [0.15, 0.2) is 5.82 Å². The number of nitrogens with one attached hydrogen (secondary N) is 2. The van der Waals surface area contributed by atoms with Crippen LogP contribution in [0.1, 0.15) is 21.9 Å². The molecule has 1 heterocycles. The molecule has 0 spiro atoms. The Labute approximate surface area is 180 Å². The van der Waals surface area contributed by atoms with E-state index in [1.54, 1.807) is 0 Å². The van der Waals surface area contributed by atoms with Crippen LogP contribution in [-0.2, 0) is 4.79 Å². The van der Waals surface area contributed by atoms with Crippen molar-refractivity contribution in [3.63, 3.8) is 0 Å². The summed E-state index contributed by atoms with van der Waals surface area (Å²) in [6.07, 6.45) is 0. The average Bonchev–Trinajstić information content (AvgIpc) is 3.24. The number of thioether (sulfide) groups is 1. The molecule has 4 rings (SSSR count). The number of nitrogens with zero attached hydrogens (tertiary/aromatic N) is 2. The van der Waals surface area contributed by atoms with Crippen LogP contribution in [0.5, 0.6) is 0 Å². The van der Waals surface area contributed by atoms with E-state index in [4.69, 9.17) is 0 Å². The Kier molecular flexibility index (Phi) is 5.95. The summed E-state index contributed by atoms with van der Waals surface area (Å²) in [5, 5.41) is 10.4. The SMILES string of the molecule is Cc1ccc(C)c(NC(=O)[C@@H](Sc2n[nH]c(-c3ccccc3)n2)c2ccccc2)c1. The van der Waals surface area contributed by atoms with Gasteiger partial charge >= 0.3 is 0 Å². The van der Waals surface area contributed by atoms with Crippen molar-refractivity contribution >= 4 is 23.4 Å². The van der Waals surface area contributed by atoms with Crippen LogP contribution in [0, 0.1) is 13.8 Å². The molecule has 30 heavy (non-hydrogen) atoms. The van der Waals surface area contributed by atoms with Crippen LogP contribution in [0.25, 0.3) is 11.4 Å². The highest BCUT2D eigenvalue weighted by molar-refractivity contribution is 8.00. The third-order valence-electron chi connectivity index (χ3n) is 4.73. The summed E-state index contributed by atoms with van der Waals surface area (Å²) < 4.78 is 0. The van der Waals surface area contributed by atoms with E-state index in [9.17, 15) is 4.79 Å². The van der Waals surface area contributed by atoms with Crippen molar-refractivity contribution in [1.29, 1.82) is 0 Å². The molecular formula is C24H22N4OS. The number of aromatic amines is 1. The molecule has 3 aromatic carbocycles. The van der Waals surface area contributed by atoms with Gasteiger partial charge in [0.1, 0.15) is 5.25 Å². The maximum atomic E-state index is 13.3. The van der Waals surface area contributed by atoms with Gasteiger partial charge in [-0.15, -0.1) is 5.10 Å². The number of amides is 1. The van der Waals surface area contributed by atoms with Gasteiger partial charge in [-0.2, -0.15) is 0 Å². The number of rotatable bonds is 6. The number of H-pyrrole nitrogens is 1. The molecule has 6 heteroatoms. The van der Waals surface area contributed by atoms with Crippen molar-refractivity contribution in [3.8, 4) is 11.4 Å². The summed E-state index contributed by atoms with van der Waals surface area (Å²) in [4.78, 5) is 17.8. The van der Waals surface area contributed by atoms with Gasteiger partial charge in [0.25, 0.3) is 0 Å². The zero-order valence-corrected chi connectivity index (χ0v) is 17.6. The van der Waals surface area contributed by atoms with Crippen LogP contribution in [0.4, 0.5) is 5.69 Å². The second-order valence-electron chi connectivity index (χ2n) is 7.05. The highest BCUT2D eigenvalue weighted by atomic mass is 32.2. The zero-order chi connectivity index (χ0) is 20.9. The van der Waals surface area contributed by atoms with E-state index in [1.165, 1.54) is 11.8 Å². The minimum absolute atomic E-state index is 0.106. The second kappa shape index (κ2) is 8.97. The molecule has 0 bridgehead atoms. The van der Waals surface area contributed by atoms with Crippen LogP contribution in [0.15, 0.2) is 84.0 Å². The summed E-state index contributed by atoms with van der Waals surface area (Å²) in [6, 6.07) is 25.5. The van der Waals surface area contributed by atoms with Crippen LogP contribution in [0.2, 0.25) is 0 Å². The summed E-state index contributed by atoms with van der Waals surface area (Å²) in [6.45, 7) is 4.00. The maximum Gasteiger partial charge on any atom is 0.242 e. The second-order valence-corrected chi connectivity index (χ2v) is 8.12. The van der Waals surface area contributed by atoms with E-state index < -0.39 is 5.25 Å². The van der Waals surface area contributed by atoms with Gasteiger partial charge in [0.2, 0.25) is 11.1 Å². The lowest BCUT2D eigenvalue weighted by Gasteiger charge is -2.17. The molecule has 0 radical (unpaired) electrons. The maximum absolute atomic E-state index is 13.3. The largest absolute Gasteiger partial charge is 0.325 e. The standard InChI is InChI=1S/C24H22N4OS/c1-16-13-14-17(2)20(15-16)25-23(29)21(18-9-5-3-6-10-18)30-24-26-22(27-28-24)19-11-7-4-8-12-19/h3-15,21H,1-2H3,(H,25,29)(H,26,27,28)/t21-/m0/s1. The fraction of sp³-hybridized carbons (Fsp3) is 0.125. The Morgan fingerprint density at radius 3 is 2.40 bits per heavy atom. The number of aryl methyl sites for hydroxylation is 2. The lowest BCUT2D eigenvalue weighted by molar-refractivity contribution is -0.115. The molecule has 0 aliphatic heterocycles. The molecule has 0 unspecified atom stereocenters. The molecule has 150 valence electrons. The van der Waals surface area contributed by atoms with Crippen molar-refractivity contribution < 1.29 is 4.79 Å². The van der Waals surface area contributed by atoms with E-state index in [0.717, 1.165) is 27.9 Å². The summed E-state index contributed by atoms with van der Waals surface area (Å²) in [7, 11) is 0. The minimum atomic E-state index is -0.481. The van der Waals surface area contributed by atoms with Crippen LogP contribution in [-0.4, -0.2) is 21.1 Å². The number of hydrogen-bond acceptors (Lipinski definition) is 4. The van der Waals surface area contributed by atoms with Gasteiger partial charge in [0, 0.05) is 11.3 Å². The Balaban J connectivity index is 1.60. The Bertz CT molecular complexity index is 1140. The van der Waals surface area contributed by atoms with Crippen LogP contribution >= 0.6 is 11.8 Å². The molecule has 2 N–H and O–H groups in total. The van der Waals surface area contributed by atoms with Gasteiger partial charge < -0.3 is 5.32 Å². The Morgan fingerprint density at radius 2 is 1.67 bits per heavy atom. The minimum Gasteiger partial charge on any atom is -0.325 e. The van der Waals surface area contributed by atoms with E-state index in [2.05, 4.69) is 20.5 Å². The molecule has 1 aromatic heterocycles. The van der Waals surface area contributed by atoms with Crippen LogP contribution in [0.3, 0.4) is 0 Å². The predicted octanol–water partition coefficient (Wildman–Crippen LogP) is 5.56. The number of aromatic nitrogens is 3. The molecule has 1 atom stereocenters. The molecule has 4 aromatic rings. The average molecular weight is 415 g/mol. The third kappa shape index (κ3) is 4.60. The van der Waals surface area contributed by atoms with Gasteiger partial charge in [0.05, 0.1) is 0 Å². The normalized spacial score (nSPS) is 11.8. The summed E-state index contributed by atoms with van der Waals surface area (Å²) in [5.41, 5.74) is 4.79.